The van der Waals surface area contributed by atoms with Gasteiger partial charge in [0.1, 0.15) is 6.73 Å². The number of benzene rings is 1. The van der Waals surface area contributed by atoms with Crippen molar-refractivity contribution in [2.24, 2.45) is 0 Å². The smallest absolute Gasteiger partial charge is 0.122 e. The van der Waals surface area contributed by atoms with Crippen LogP contribution in [0.15, 0.2) is 28.9 Å². The van der Waals surface area contributed by atoms with Crippen molar-refractivity contribution in [3.8, 4) is 0 Å². The maximum Gasteiger partial charge on any atom is 0.122 e. The molecule has 0 aliphatic rings. The van der Waals surface area contributed by atoms with Crippen LogP contribution in [0.5, 0.6) is 0 Å². The average Bonchev–Trinajstić information content (AvgIpc) is 2.78. The van der Waals surface area contributed by atoms with Gasteiger partial charge in [-0.1, -0.05) is 35.6 Å². The van der Waals surface area contributed by atoms with E-state index in [2.05, 4.69) is 90.5 Å². The Kier molecular flexibility index (Phi) is 6.11. The molecule has 0 aliphatic carbocycles. The number of nitrogens with zero attached hydrogens (tertiary/aromatic N) is 2. The Morgan fingerprint density at radius 2 is 1.96 bits per heavy atom. The number of rotatable bonds is 7. The molecule has 2 rings (SSSR count). The van der Waals surface area contributed by atoms with E-state index in [4.69, 9.17) is 4.74 Å². The molecule has 0 bridgehead atoms. The lowest BCUT2D eigenvalue weighted by atomic mass is 10.1. The number of ether oxygens (including phenoxy) is 1. The van der Waals surface area contributed by atoms with Crippen LogP contribution in [0.1, 0.15) is 12.5 Å². The fourth-order valence-electron chi connectivity index (χ4n) is 2.44. The van der Waals surface area contributed by atoms with Gasteiger partial charge in [0.05, 0.1) is 13.6 Å². The molecule has 1 unspecified atom stereocenters. The minimum atomic E-state index is -1.26. The zero-order valence-corrected chi connectivity index (χ0v) is 17.8. The summed E-state index contributed by atoms with van der Waals surface area (Å²) in [6, 6.07) is 6.51. The van der Waals surface area contributed by atoms with Crippen LogP contribution in [0.2, 0.25) is 19.6 Å². The predicted octanol–water partition coefficient (Wildman–Crippen LogP) is 4.75. The quantitative estimate of drug-likeness (QED) is 0.628. The van der Waals surface area contributed by atoms with Gasteiger partial charge in [-0.2, -0.15) is 0 Å². The standard InChI is InChI=1S/C18H29BrN2OSi/c1-14(23(4,5)6)22-13-21-12-15(9-10-20(2)3)17-11-16(19)7-8-18(17)21/h7-8,11-12,14H,9-10,13H2,1-6H3. The van der Waals surface area contributed by atoms with Crippen LogP contribution in [0.25, 0.3) is 10.9 Å². The molecule has 0 aliphatic heterocycles. The van der Waals surface area contributed by atoms with Gasteiger partial charge in [0, 0.05) is 28.3 Å². The third kappa shape index (κ3) is 4.92. The molecule has 5 heteroatoms. The van der Waals surface area contributed by atoms with E-state index in [1.165, 1.54) is 16.5 Å². The zero-order chi connectivity index (χ0) is 17.2. The average molecular weight is 397 g/mol. The first kappa shape index (κ1) is 18.7. The number of aromatic nitrogens is 1. The minimum absolute atomic E-state index is 0.348. The van der Waals surface area contributed by atoms with E-state index in [0.717, 1.165) is 17.4 Å². The molecule has 0 spiro atoms. The molecule has 0 saturated heterocycles. The first-order valence-corrected chi connectivity index (χ1v) is 12.6. The van der Waals surface area contributed by atoms with Crippen LogP contribution in [0, 0.1) is 0 Å². The molecule has 0 saturated carbocycles. The van der Waals surface area contributed by atoms with E-state index in [-0.39, 0.29) is 0 Å². The number of hydrogen-bond acceptors (Lipinski definition) is 2. The Labute approximate surface area is 149 Å². The van der Waals surface area contributed by atoms with Gasteiger partial charge in [-0.15, -0.1) is 0 Å². The first-order chi connectivity index (χ1) is 10.7. The summed E-state index contributed by atoms with van der Waals surface area (Å²) in [6.07, 6.45) is 3.31. The van der Waals surface area contributed by atoms with Crippen LogP contribution in [-0.4, -0.2) is 43.9 Å². The van der Waals surface area contributed by atoms with Gasteiger partial charge >= 0.3 is 0 Å². The minimum Gasteiger partial charge on any atom is -0.361 e. The van der Waals surface area contributed by atoms with Crippen LogP contribution >= 0.6 is 15.9 Å². The maximum atomic E-state index is 6.17. The molecular weight excluding hydrogens is 368 g/mol. The van der Waals surface area contributed by atoms with E-state index in [0.29, 0.717) is 12.5 Å². The lowest BCUT2D eigenvalue weighted by Gasteiger charge is -2.25. The highest BCUT2D eigenvalue weighted by atomic mass is 79.9. The summed E-state index contributed by atoms with van der Waals surface area (Å²) in [5.74, 6) is 0. The van der Waals surface area contributed by atoms with Crippen LogP contribution < -0.4 is 0 Å². The molecule has 0 N–H and O–H groups in total. The van der Waals surface area contributed by atoms with E-state index in [1.54, 1.807) is 0 Å². The van der Waals surface area contributed by atoms with Gasteiger partial charge in [0.25, 0.3) is 0 Å². The van der Waals surface area contributed by atoms with Crippen LogP contribution in [0.3, 0.4) is 0 Å². The Morgan fingerprint density at radius 1 is 1.26 bits per heavy atom. The van der Waals surface area contributed by atoms with Crippen molar-refractivity contribution in [1.82, 2.24) is 9.47 Å². The van der Waals surface area contributed by atoms with Gasteiger partial charge in [-0.05, 0) is 51.2 Å². The van der Waals surface area contributed by atoms with Gasteiger partial charge < -0.3 is 14.2 Å². The van der Waals surface area contributed by atoms with Crippen molar-refractivity contribution in [2.75, 3.05) is 20.6 Å². The second-order valence-corrected chi connectivity index (χ2v) is 14.1. The molecule has 2 aromatic rings. The Bertz CT molecular complexity index is 661. The molecular formula is C18H29BrN2OSi. The van der Waals surface area contributed by atoms with Crippen molar-refractivity contribution >= 4 is 34.9 Å². The van der Waals surface area contributed by atoms with Crippen molar-refractivity contribution in [1.29, 1.82) is 0 Å². The topological polar surface area (TPSA) is 17.4 Å². The van der Waals surface area contributed by atoms with Crippen molar-refractivity contribution in [2.45, 2.75) is 45.4 Å². The van der Waals surface area contributed by atoms with E-state index in [1.807, 2.05) is 0 Å². The number of fused-ring (bicyclic) bond motifs is 1. The molecule has 128 valence electrons. The third-order valence-corrected chi connectivity index (χ3v) is 7.54. The highest BCUT2D eigenvalue weighted by Crippen LogP contribution is 2.26. The van der Waals surface area contributed by atoms with Crippen molar-refractivity contribution in [3.05, 3.63) is 34.4 Å². The van der Waals surface area contributed by atoms with E-state index < -0.39 is 8.07 Å². The Hall–Kier alpha value is -0.623. The Morgan fingerprint density at radius 3 is 2.57 bits per heavy atom. The Balaban J connectivity index is 2.25. The second kappa shape index (κ2) is 7.51. The molecule has 23 heavy (non-hydrogen) atoms. The third-order valence-electron chi connectivity index (χ3n) is 4.44. The normalized spacial score (nSPS) is 13.9. The first-order valence-electron chi connectivity index (χ1n) is 8.22. The summed E-state index contributed by atoms with van der Waals surface area (Å²) in [5.41, 5.74) is 2.99. The van der Waals surface area contributed by atoms with Gasteiger partial charge in [0.15, 0.2) is 0 Å². The summed E-state index contributed by atoms with van der Waals surface area (Å²) < 4.78 is 9.56. The molecule has 0 amide bonds. The number of halogens is 1. The number of hydrogen-bond donors (Lipinski definition) is 0. The van der Waals surface area contributed by atoms with Crippen LogP contribution in [0.4, 0.5) is 0 Å². The highest BCUT2D eigenvalue weighted by Gasteiger charge is 2.23. The maximum absolute atomic E-state index is 6.17. The molecule has 1 aromatic carbocycles. The fraction of sp³-hybridized carbons (Fsp3) is 0.556. The monoisotopic (exact) mass is 396 g/mol. The van der Waals surface area contributed by atoms with Gasteiger partial charge in [-0.25, -0.2) is 0 Å². The highest BCUT2D eigenvalue weighted by molar-refractivity contribution is 9.10. The summed E-state index contributed by atoms with van der Waals surface area (Å²) in [5, 5.41) is 1.32. The SMILES string of the molecule is CC(OCn1cc(CCN(C)C)c2cc(Br)ccc21)[Si](C)(C)C. The lowest BCUT2D eigenvalue weighted by molar-refractivity contribution is 0.0592. The molecule has 1 atom stereocenters. The summed E-state index contributed by atoms with van der Waals surface area (Å²) in [7, 11) is 2.97. The largest absolute Gasteiger partial charge is 0.361 e. The van der Waals surface area contributed by atoms with Gasteiger partial charge in [-0.3, -0.25) is 0 Å². The second-order valence-electron chi connectivity index (χ2n) is 7.64. The van der Waals surface area contributed by atoms with Crippen molar-refractivity contribution < 1.29 is 4.74 Å². The summed E-state index contributed by atoms with van der Waals surface area (Å²) in [4.78, 5) is 2.23. The molecule has 3 nitrogen and oxygen atoms in total. The molecule has 1 aromatic heterocycles. The molecule has 0 radical (unpaired) electrons. The van der Waals surface area contributed by atoms with E-state index in [9.17, 15) is 0 Å². The van der Waals surface area contributed by atoms with Gasteiger partial charge in [0.2, 0.25) is 0 Å². The number of likely N-dealkylation sites (N-methyl/N-ethyl adjacent to an activating group) is 1. The summed E-state index contributed by atoms with van der Waals surface area (Å²) >= 11 is 3.60. The fourth-order valence-corrected chi connectivity index (χ4v) is 3.37. The van der Waals surface area contributed by atoms with E-state index >= 15 is 0 Å². The molecule has 0 fully saturated rings. The zero-order valence-electron chi connectivity index (χ0n) is 15.2. The molecule has 1 heterocycles. The predicted molar refractivity (Wildman–Crippen MR) is 106 cm³/mol. The lowest BCUT2D eigenvalue weighted by Crippen LogP contribution is -2.38. The van der Waals surface area contributed by atoms with Crippen LogP contribution in [-0.2, 0) is 17.9 Å². The summed E-state index contributed by atoms with van der Waals surface area (Å²) in [6.45, 7) is 11.0. The van der Waals surface area contributed by atoms with Crippen molar-refractivity contribution in [3.63, 3.8) is 0 Å².